The molecule has 0 unspecified atom stereocenters. The summed E-state index contributed by atoms with van der Waals surface area (Å²) in [5.41, 5.74) is 5.07. The fourth-order valence-corrected chi connectivity index (χ4v) is 5.75. The van der Waals surface area contributed by atoms with Crippen LogP contribution in [0.4, 0.5) is 5.69 Å². The van der Waals surface area contributed by atoms with Crippen molar-refractivity contribution in [2.75, 3.05) is 4.90 Å². The summed E-state index contributed by atoms with van der Waals surface area (Å²) in [6.45, 7) is 1.27. The molecule has 1 aliphatic carbocycles. The Bertz CT molecular complexity index is 1270. The van der Waals surface area contributed by atoms with Gasteiger partial charge >= 0.3 is 0 Å². The molecule has 3 heterocycles. The summed E-state index contributed by atoms with van der Waals surface area (Å²) in [6, 6.07) is 12.6. The second-order valence-electron chi connectivity index (χ2n) is 7.72. The third-order valence-corrected chi connectivity index (χ3v) is 7.13. The van der Waals surface area contributed by atoms with E-state index < -0.39 is 17.2 Å². The molecular formula is C23H17N3O4S. The van der Waals surface area contributed by atoms with E-state index in [-0.39, 0.29) is 35.2 Å². The molecule has 2 aromatic rings. The number of Topliss-reactive ketones (excluding diaryl/α,β-unsaturated/α-hetero) is 1. The molecule has 0 radical (unpaired) electrons. The number of amides is 2. The van der Waals surface area contributed by atoms with E-state index in [0.717, 1.165) is 9.78 Å². The number of nitrogens with zero attached hydrogens (tertiary/aromatic N) is 2. The number of hydrogen-bond donors (Lipinski definition) is 1. The van der Waals surface area contributed by atoms with E-state index >= 15 is 0 Å². The zero-order valence-electron chi connectivity index (χ0n) is 16.5. The van der Waals surface area contributed by atoms with Crippen molar-refractivity contribution in [1.29, 1.82) is 5.26 Å². The Kier molecular flexibility index (Phi) is 4.14. The summed E-state index contributed by atoms with van der Waals surface area (Å²) in [7, 11) is 0. The average Bonchev–Trinajstić information content (AvgIpc) is 3.34. The van der Waals surface area contributed by atoms with E-state index in [9.17, 15) is 19.6 Å². The van der Waals surface area contributed by atoms with Crippen LogP contribution in [0.1, 0.15) is 36.1 Å². The predicted octanol–water partition coefficient (Wildman–Crippen LogP) is 3.00. The fraction of sp³-hybridized carbons (Fsp3) is 0.217. The number of thiophene rings is 1. The monoisotopic (exact) mass is 431 g/mol. The van der Waals surface area contributed by atoms with Gasteiger partial charge in [-0.05, 0) is 17.5 Å². The zero-order chi connectivity index (χ0) is 21.9. The van der Waals surface area contributed by atoms with Crippen molar-refractivity contribution < 1.29 is 19.1 Å². The number of nitriles is 1. The summed E-state index contributed by atoms with van der Waals surface area (Å²) >= 11 is 1.55. The predicted molar refractivity (Wildman–Crippen MR) is 113 cm³/mol. The summed E-state index contributed by atoms with van der Waals surface area (Å²) in [5.74, 6) is -1.48. The molecule has 0 fully saturated rings. The number of ketones is 1. The summed E-state index contributed by atoms with van der Waals surface area (Å²) in [4.78, 5) is 41.8. The van der Waals surface area contributed by atoms with E-state index in [2.05, 4.69) is 0 Å². The lowest BCUT2D eigenvalue weighted by atomic mass is 9.64. The largest absolute Gasteiger partial charge is 0.444 e. The van der Waals surface area contributed by atoms with E-state index in [0.29, 0.717) is 23.4 Å². The zero-order valence-corrected chi connectivity index (χ0v) is 17.4. The molecule has 31 heavy (non-hydrogen) atoms. The van der Waals surface area contributed by atoms with E-state index in [4.69, 9.17) is 10.5 Å². The topological polar surface area (TPSA) is 113 Å². The number of rotatable bonds is 1. The van der Waals surface area contributed by atoms with Crippen molar-refractivity contribution in [1.82, 2.24) is 0 Å². The van der Waals surface area contributed by atoms with Gasteiger partial charge in [-0.3, -0.25) is 14.4 Å². The molecule has 2 amide bonds. The van der Waals surface area contributed by atoms with Crippen LogP contribution in [-0.2, 0) is 24.5 Å². The maximum atomic E-state index is 13.8. The Morgan fingerprint density at radius 3 is 2.71 bits per heavy atom. The lowest BCUT2D eigenvalue weighted by Gasteiger charge is -2.39. The molecule has 2 atom stereocenters. The van der Waals surface area contributed by atoms with Gasteiger partial charge < -0.3 is 10.5 Å². The Morgan fingerprint density at radius 1 is 1.26 bits per heavy atom. The van der Waals surface area contributed by atoms with Crippen molar-refractivity contribution in [2.45, 2.75) is 31.1 Å². The van der Waals surface area contributed by atoms with Gasteiger partial charge in [-0.15, -0.1) is 11.3 Å². The van der Waals surface area contributed by atoms with Gasteiger partial charge in [0.25, 0.3) is 5.91 Å². The highest BCUT2D eigenvalue weighted by molar-refractivity contribution is 7.10. The molecule has 0 saturated heterocycles. The molecule has 1 aromatic carbocycles. The van der Waals surface area contributed by atoms with Crippen LogP contribution < -0.4 is 10.6 Å². The highest BCUT2D eigenvalue weighted by atomic mass is 32.1. The summed E-state index contributed by atoms with van der Waals surface area (Å²) in [6.07, 6.45) is 0.552. The number of allylic oxidation sites excluding steroid dienone is 1. The van der Waals surface area contributed by atoms with Gasteiger partial charge in [0, 0.05) is 36.1 Å². The standard InChI is InChI=1S/C23H17N3O4S/c1-12(27)26-16-6-3-2-5-14(16)23(22(26)29)15(11-24)21(25)30-18-10-13(9-17(28)20(18)23)19-7-4-8-31-19/h2-8,13H,9-10,25H2,1H3/t13-,23-/m1/s1. The molecule has 2 aliphatic heterocycles. The first kappa shape index (κ1) is 19.3. The molecule has 0 saturated carbocycles. The fourth-order valence-electron chi connectivity index (χ4n) is 4.92. The normalized spacial score (nSPS) is 24.8. The quantitative estimate of drug-likeness (QED) is 0.743. The third kappa shape index (κ3) is 2.41. The second-order valence-corrected chi connectivity index (χ2v) is 8.70. The van der Waals surface area contributed by atoms with Crippen molar-refractivity contribution >= 4 is 34.6 Å². The molecule has 5 rings (SSSR count). The number of carbonyl (C=O) groups excluding carboxylic acids is 3. The summed E-state index contributed by atoms with van der Waals surface area (Å²) < 4.78 is 5.78. The van der Waals surface area contributed by atoms with E-state index in [1.807, 2.05) is 23.6 Å². The number of hydrogen-bond acceptors (Lipinski definition) is 7. The van der Waals surface area contributed by atoms with Gasteiger partial charge in [-0.25, -0.2) is 4.90 Å². The first-order valence-corrected chi connectivity index (χ1v) is 10.6. The van der Waals surface area contributed by atoms with Crippen LogP contribution in [0.15, 0.2) is 64.6 Å². The highest BCUT2D eigenvalue weighted by Gasteiger charge is 2.63. The smallest absolute Gasteiger partial charge is 0.254 e. The number of ether oxygens (including phenoxy) is 1. The molecule has 3 aliphatic rings. The number of benzene rings is 1. The van der Waals surface area contributed by atoms with Crippen LogP contribution >= 0.6 is 11.3 Å². The molecule has 154 valence electrons. The number of anilines is 1. The first-order valence-electron chi connectivity index (χ1n) is 9.74. The molecule has 7 nitrogen and oxygen atoms in total. The summed E-state index contributed by atoms with van der Waals surface area (Å²) in [5, 5.41) is 11.9. The average molecular weight is 431 g/mol. The SMILES string of the molecule is CC(=O)N1C(=O)[C@@]2(C(C#N)=C(N)OC3=C2C(=O)C[C@@H](c2cccs2)C3)c2ccccc21. The Morgan fingerprint density at radius 2 is 2.03 bits per heavy atom. The highest BCUT2D eigenvalue weighted by Crippen LogP contribution is 2.56. The van der Waals surface area contributed by atoms with Crippen molar-refractivity contribution in [3.8, 4) is 6.07 Å². The number of carbonyl (C=O) groups is 3. The third-order valence-electron chi connectivity index (χ3n) is 6.10. The minimum atomic E-state index is -1.77. The molecule has 1 aromatic heterocycles. The van der Waals surface area contributed by atoms with Gasteiger partial charge in [-0.2, -0.15) is 5.26 Å². The molecular weight excluding hydrogens is 414 g/mol. The van der Waals surface area contributed by atoms with Crippen LogP contribution in [0.25, 0.3) is 0 Å². The van der Waals surface area contributed by atoms with E-state index in [1.54, 1.807) is 35.6 Å². The van der Waals surface area contributed by atoms with Crippen molar-refractivity contribution in [2.24, 2.45) is 5.73 Å². The maximum Gasteiger partial charge on any atom is 0.254 e. The Hall–Kier alpha value is -3.70. The van der Waals surface area contributed by atoms with Crippen LogP contribution in [0, 0.1) is 11.3 Å². The van der Waals surface area contributed by atoms with Gasteiger partial charge in [0.15, 0.2) is 5.78 Å². The van der Waals surface area contributed by atoms with Gasteiger partial charge in [-0.1, -0.05) is 24.3 Å². The number of nitrogens with two attached hydrogens (primary N) is 1. The minimum Gasteiger partial charge on any atom is -0.444 e. The van der Waals surface area contributed by atoms with Gasteiger partial charge in [0.1, 0.15) is 22.8 Å². The lowest BCUT2D eigenvalue weighted by Crippen LogP contribution is -2.50. The first-order chi connectivity index (χ1) is 14.9. The molecule has 8 heteroatoms. The van der Waals surface area contributed by atoms with Crippen LogP contribution in [-0.4, -0.2) is 17.6 Å². The van der Waals surface area contributed by atoms with Gasteiger partial charge in [0.05, 0.1) is 11.3 Å². The maximum absolute atomic E-state index is 13.8. The molecule has 1 spiro atoms. The minimum absolute atomic E-state index is 0.101. The van der Waals surface area contributed by atoms with Gasteiger partial charge in [0.2, 0.25) is 11.8 Å². The van der Waals surface area contributed by atoms with Crippen LogP contribution in [0.2, 0.25) is 0 Å². The lowest BCUT2D eigenvalue weighted by molar-refractivity contribution is -0.128. The molecule has 2 N–H and O–H groups in total. The number of imide groups is 1. The van der Waals surface area contributed by atoms with Crippen molar-refractivity contribution in [3.05, 3.63) is 75.0 Å². The van der Waals surface area contributed by atoms with Crippen molar-refractivity contribution in [3.63, 3.8) is 0 Å². The second kappa shape index (κ2) is 6.65. The Balaban J connectivity index is 1.80. The number of para-hydroxylation sites is 1. The Labute approximate surface area is 182 Å². The molecule has 0 bridgehead atoms. The number of fused-ring (bicyclic) bond motifs is 3. The van der Waals surface area contributed by atoms with Crippen LogP contribution in [0.3, 0.4) is 0 Å². The van der Waals surface area contributed by atoms with Crippen LogP contribution in [0.5, 0.6) is 0 Å². The van der Waals surface area contributed by atoms with E-state index in [1.165, 1.54) is 6.92 Å².